The van der Waals surface area contributed by atoms with Gasteiger partial charge in [0.2, 0.25) is 10.0 Å². The first-order valence-electron chi connectivity index (χ1n) is 9.44. The maximum atomic E-state index is 12.4. The summed E-state index contributed by atoms with van der Waals surface area (Å²) >= 11 is 0. The quantitative estimate of drug-likeness (QED) is 0.664. The highest BCUT2D eigenvalue weighted by Crippen LogP contribution is 2.22. The minimum atomic E-state index is -3.54. The second-order valence-electron chi connectivity index (χ2n) is 7.24. The largest absolute Gasteiger partial charge is 0.455 e. The van der Waals surface area contributed by atoms with E-state index in [4.69, 9.17) is 4.74 Å². The summed E-state index contributed by atoms with van der Waals surface area (Å²) in [5.41, 5.74) is 0.806. The van der Waals surface area contributed by atoms with E-state index in [-0.39, 0.29) is 31.5 Å². The van der Waals surface area contributed by atoms with E-state index < -0.39 is 16.0 Å². The number of hydrogen-bond donors (Lipinski definition) is 1. The van der Waals surface area contributed by atoms with E-state index in [2.05, 4.69) is 5.32 Å². The van der Waals surface area contributed by atoms with Crippen molar-refractivity contribution in [3.8, 4) is 0 Å². The summed E-state index contributed by atoms with van der Waals surface area (Å²) in [7, 11) is -3.54. The molecular weight excluding hydrogens is 380 g/mol. The molecule has 1 saturated heterocycles. The van der Waals surface area contributed by atoms with E-state index in [0.717, 1.165) is 5.56 Å². The number of hydrogen-bond acceptors (Lipinski definition) is 5. The highest BCUT2D eigenvalue weighted by atomic mass is 32.2. The van der Waals surface area contributed by atoms with Crippen LogP contribution in [-0.4, -0.2) is 50.8 Å². The summed E-state index contributed by atoms with van der Waals surface area (Å²) in [4.78, 5) is 23.7. The maximum Gasteiger partial charge on any atom is 0.309 e. The molecule has 1 amide bonds. The Bertz CT molecular complexity index is 782. The van der Waals surface area contributed by atoms with Gasteiger partial charge >= 0.3 is 5.97 Å². The Hall–Kier alpha value is -2.19. The number of sulfonamides is 1. The highest BCUT2D eigenvalue weighted by Gasteiger charge is 2.31. The SMILES string of the molecule is CC(C)CNC(=O)COC(=O)C1CCN(S(=O)(=O)/C=C/c2ccccc2)CC1. The Morgan fingerprint density at radius 2 is 1.86 bits per heavy atom. The number of piperidine rings is 1. The first-order valence-corrected chi connectivity index (χ1v) is 10.9. The van der Waals surface area contributed by atoms with Crippen LogP contribution in [-0.2, 0) is 24.3 Å². The van der Waals surface area contributed by atoms with Gasteiger partial charge in [0.1, 0.15) is 0 Å². The van der Waals surface area contributed by atoms with Gasteiger partial charge in [0, 0.05) is 25.0 Å². The van der Waals surface area contributed by atoms with Gasteiger partial charge in [-0.3, -0.25) is 9.59 Å². The third-order valence-corrected chi connectivity index (χ3v) is 6.00. The van der Waals surface area contributed by atoms with E-state index in [1.54, 1.807) is 6.08 Å². The van der Waals surface area contributed by atoms with Crippen molar-refractivity contribution in [3.05, 3.63) is 41.3 Å². The lowest BCUT2D eigenvalue weighted by molar-refractivity contribution is -0.153. The molecule has 1 aromatic carbocycles. The predicted molar refractivity (Wildman–Crippen MR) is 107 cm³/mol. The summed E-state index contributed by atoms with van der Waals surface area (Å²) in [5.74, 6) is -0.839. The summed E-state index contributed by atoms with van der Waals surface area (Å²) in [6.45, 7) is 4.68. The fourth-order valence-corrected chi connectivity index (χ4v) is 4.01. The van der Waals surface area contributed by atoms with E-state index in [9.17, 15) is 18.0 Å². The molecule has 0 atom stereocenters. The number of nitrogens with zero attached hydrogens (tertiary/aromatic N) is 1. The third-order valence-electron chi connectivity index (χ3n) is 4.43. The molecular formula is C20H28N2O5S. The average Bonchev–Trinajstić information content (AvgIpc) is 2.70. The van der Waals surface area contributed by atoms with Crippen molar-refractivity contribution in [3.63, 3.8) is 0 Å². The average molecular weight is 409 g/mol. The second-order valence-corrected chi connectivity index (χ2v) is 9.06. The van der Waals surface area contributed by atoms with Crippen LogP contribution in [0, 0.1) is 11.8 Å². The van der Waals surface area contributed by atoms with Crippen LogP contribution in [0.2, 0.25) is 0 Å². The zero-order chi connectivity index (χ0) is 20.6. The molecule has 28 heavy (non-hydrogen) atoms. The van der Waals surface area contributed by atoms with Gasteiger partial charge in [-0.25, -0.2) is 8.42 Å². The molecule has 0 bridgehead atoms. The number of benzene rings is 1. The molecule has 1 fully saturated rings. The number of amides is 1. The topological polar surface area (TPSA) is 92.8 Å². The van der Waals surface area contributed by atoms with Gasteiger partial charge < -0.3 is 10.1 Å². The smallest absolute Gasteiger partial charge is 0.309 e. The molecule has 1 aliphatic heterocycles. The molecule has 1 N–H and O–H groups in total. The maximum absolute atomic E-state index is 12.4. The van der Waals surface area contributed by atoms with Gasteiger partial charge in [-0.1, -0.05) is 44.2 Å². The fourth-order valence-electron chi connectivity index (χ4n) is 2.78. The van der Waals surface area contributed by atoms with Crippen LogP contribution < -0.4 is 5.32 Å². The summed E-state index contributed by atoms with van der Waals surface area (Å²) < 4.78 is 31.3. The molecule has 8 heteroatoms. The predicted octanol–water partition coefficient (Wildman–Crippen LogP) is 2.01. The van der Waals surface area contributed by atoms with E-state index in [1.807, 2.05) is 44.2 Å². The van der Waals surface area contributed by atoms with E-state index in [0.29, 0.717) is 25.3 Å². The number of ether oxygens (including phenoxy) is 1. The molecule has 1 heterocycles. The lowest BCUT2D eigenvalue weighted by Gasteiger charge is -2.29. The Balaban J connectivity index is 1.79. The standard InChI is InChI=1S/C20H28N2O5S/c1-16(2)14-21-19(23)15-27-20(24)18-8-11-22(12-9-18)28(25,26)13-10-17-6-4-3-5-7-17/h3-7,10,13,16,18H,8-9,11-12,14-15H2,1-2H3,(H,21,23)/b13-10+. The van der Waals surface area contributed by atoms with Crippen LogP contribution in [0.3, 0.4) is 0 Å². The molecule has 0 aliphatic carbocycles. The van der Waals surface area contributed by atoms with Crippen molar-refractivity contribution in [2.24, 2.45) is 11.8 Å². The molecule has 0 radical (unpaired) electrons. The lowest BCUT2D eigenvalue weighted by Crippen LogP contribution is -2.40. The Kier molecular flexibility index (Phi) is 8.19. The second kappa shape index (κ2) is 10.4. The van der Waals surface area contributed by atoms with Gasteiger partial charge in [0.15, 0.2) is 6.61 Å². The molecule has 0 aromatic heterocycles. The minimum absolute atomic E-state index is 0.251. The summed E-state index contributed by atoms with van der Waals surface area (Å²) in [6.07, 6.45) is 2.32. The normalized spacial score (nSPS) is 16.4. The minimum Gasteiger partial charge on any atom is -0.455 e. The summed E-state index contributed by atoms with van der Waals surface area (Å²) in [6, 6.07) is 9.19. The fraction of sp³-hybridized carbons (Fsp3) is 0.500. The number of nitrogens with one attached hydrogen (secondary N) is 1. The zero-order valence-corrected chi connectivity index (χ0v) is 17.2. The van der Waals surface area contributed by atoms with E-state index in [1.165, 1.54) is 9.71 Å². The third kappa shape index (κ3) is 7.09. The molecule has 2 rings (SSSR count). The number of carbonyl (C=O) groups excluding carboxylic acids is 2. The van der Waals surface area contributed by atoms with Crippen molar-refractivity contribution < 1.29 is 22.7 Å². The number of esters is 1. The van der Waals surface area contributed by atoms with E-state index >= 15 is 0 Å². The van der Waals surface area contributed by atoms with Crippen LogP contribution in [0.15, 0.2) is 35.7 Å². The molecule has 1 aliphatic rings. The first kappa shape index (κ1) is 22.1. The van der Waals surface area contributed by atoms with Crippen LogP contribution >= 0.6 is 0 Å². The van der Waals surface area contributed by atoms with Crippen molar-refractivity contribution in [2.75, 3.05) is 26.2 Å². The summed E-state index contributed by atoms with van der Waals surface area (Å²) in [5, 5.41) is 3.88. The Labute approximate surface area is 166 Å². The Morgan fingerprint density at radius 3 is 2.46 bits per heavy atom. The Morgan fingerprint density at radius 1 is 1.21 bits per heavy atom. The zero-order valence-electron chi connectivity index (χ0n) is 16.3. The first-order chi connectivity index (χ1) is 13.3. The van der Waals surface area contributed by atoms with Crippen molar-refractivity contribution >= 4 is 28.0 Å². The van der Waals surface area contributed by atoms with Crippen molar-refractivity contribution in [1.82, 2.24) is 9.62 Å². The molecule has 0 unspecified atom stereocenters. The van der Waals surface area contributed by atoms with Crippen LogP contribution in [0.25, 0.3) is 6.08 Å². The van der Waals surface area contributed by atoms with Crippen LogP contribution in [0.5, 0.6) is 0 Å². The monoisotopic (exact) mass is 408 g/mol. The van der Waals surface area contributed by atoms with Gasteiger partial charge in [-0.15, -0.1) is 0 Å². The van der Waals surface area contributed by atoms with Crippen molar-refractivity contribution in [1.29, 1.82) is 0 Å². The van der Waals surface area contributed by atoms with Gasteiger partial charge in [-0.2, -0.15) is 4.31 Å². The van der Waals surface area contributed by atoms with Gasteiger partial charge in [0.25, 0.3) is 5.91 Å². The van der Waals surface area contributed by atoms with Crippen molar-refractivity contribution in [2.45, 2.75) is 26.7 Å². The van der Waals surface area contributed by atoms with Crippen LogP contribution in [0.4, 0.5) is 0 Å². The molecule has 0 spiro atoms. The van der Waals surface area contributed by atoms with Gasteiger partial charge in [0.05, 0.1) is 5.92 Å². The molecule has 1 aromatic rings. The molecule has 154 valence electrons. The lowest BCUT2D eigenvalue weighted by atomic mass is 9.98. The van der Waals surface area contributed by atoms with Gasteiger partial charge in [-0.05, 0) is 30.4 Å². The number of rotatable bonds is 8. The highest BCUT2D eigenvalue weighted by molar-refractivity contribution is 7.92. The molecule has 0 saturated carbocycles. The van der Waals surface area contributed by atoms with Crippen LogP contribution in [0.1, 0.15) is 32.3 Å². The number of carbonyl (C=O) groups is 2. The molecule has 7 nitrogen and oxygen atoms in total.